The van der Waals surface area contributed by atoms with Crippen molar-refractivity contribution < 1.29 is 4.52 Å². The molecule has 1 saturated carbocycles. The van der Waals surface area contributed by atoms with E-state index in [1.807, 2.05) is 25.1 Å². The van der Waals surface area contributed by atoms with Crippen molar-refractivity contribution in [3.8, 4) is 11.5 Å². The summed E-state index contributed by atoms with van der Waals surface area (Å²) >= 11 is 0. The Morgan fingerprint density at radius 3 is 2.52 bits per heavy atom. The third-order valence-electron chi connectivity index (χ3n) is 4.44. The molecule has 4 heteroatoms. The molecule has 1 aliphatic rings. The zero-order valence-electron chi connectivity index (χ0n) is 12.6. The summed E-state index contributed by atoms with van der Waals surface area (Å²) < 4.78 is 5.45. The maximum atomic E-state index is 5.96. The minimum absolute atomic E-state index is 0.450. The van der Waals surface area contributed by atoms with Gasteiger partial charge in [-0.15, -0.1) is 0 Å². The third-order valence-corrected chi connectivity index (χ3v) is 4.44. The normalized spacial score (nSPS) is 17.4. The van der Waals surface area contributed by atoms with Gasteiger partial charge in [-0.1, -0.05) is 43.3 Å². The predicted octanol–water partition coefficient (Wildman–Crippen LogP) is 4.46. The molecule has 1 heterocycles. The summed E-state index contributed by atoms with van der Waals surface area (Å²) in [5.74, 6) is 1.90. The highest BCUT2D eigenvalue weighted by molar-refractivity contribution is 5.62. The molecule has 0 atom stereocenters. The van der Waals surface area contributed by atoms with Crippen molar-refractivity contribution in [1.29, 1.82) is 0 Å². The standard InChI is InChI=1S/C17H23N3O/c1-12-9-10-14(11-15(12)18)17-19-16(20-21-17)13-7-5-3-2-4-6-8-13/h9-11,13H,2-8,18H2,1H3. The number of nitrogen functional groups attached to an aromatic ring is 1. The Morgan fingerprint density at radius 2 is 1.81 bits per heavy atom. The van der Waals surface area contributed by atoms with E-state index in [1.54, 1.807) is 0 Å². The number of nitrogens with zero attached hydrogens (tertiary/aromatic N) is 2. The Labute approximate surface area is 125 Å². The molecular weight excluding hydrogens is 262 g/mol. The Balaban J connectivity index is 1.79. The average Bonchev–Trinajstić information content (AvgIpc) is 2.91. The highest BCUT2D eigenvalue weighted by Crippen LogP contribution is 2.31. The fourth-order valence-electron chi connectivity index (χ4n) is 3.01. The molecule has 1 aliphatic carbocycles. The number of aromatic nitrogens is 2. The van der Waals surface area contributed by atoms with Crippen LogP contribution in [-0.4, -0.2) is 10.1 Å². The molecule has 21 heavy (non-hydrogen) atoms. The van der Waals surface area contributed by atoms with Gasteiger partial charge in [0.1, 0.15) is 0 Å². The van der Waals surface area contributed by atoms with Gasteiger partial charge in [-0.25, -0.2) is 0 Å². The fourth-order valence-corrected chi connectivity index (χ4v) is 3.01. The molecule has 0 unspecified atom stereocenters. The van der Waals surface area contributed by atoms with Gasteiger partial charge < -0.3 is 10.3 Å². The van der Waals surface area contributed by atoms with Gasteiger partial charge in [0.2, 0.25) is 0 Å². The van der Waals surface area contributed by atoms with E-state index in [2.05, 4.69) is 10.1 Å². The molecule has 4 nitrogen and oxygen atoms in total. The van der Waals surface area contributed by atoms with Gasteiger partial charge in [0.05, 0.1) is 0 Å². The summed E-state index contributed by atoms with van der Waals surface area (Å²) in [6.45, 7) is 1.99. The number of anilines is 1. The highest BCUT2D eigenvalue weighted by atomic mass is 16.5. The SMILES string of the molecule is Cc1ccc(-c2nc(C3CCCCCCC3)no2)cc1N. The molecule has 0 bridgehead atoms. The molecule has 0 aliphatic heterocycles. The maximum absolute atomic E-state index is 5.96. The van der Waals surface area contributed by atoms with Crippen LogP contribution in [0.4, 0.5) is 5.69 Å². The van der Waals surface area contributed by atoms with Crippen LogP contribution in [0.2, 0.25) is 0 Å². The van der Waals surface area contributed by atoms with E-state index in [1.165, 1.54) is 44.9 Å². The molecule has 1 fully saturated rings. The number of hydrogen-bond acceptors (Lipinski definition) is 4. The van der Waals surface area contributed by atoms with Crippen LogP contribution in [0.25, 0.3) is 11.5 Å². The van der Waals surface area contributed by atoms with E-state index in [0.717, 1.165) is 22.6 Å². The predicted molar refractivity (Wildman–Crippen MR) is 83.9 cm³/mol. The fraction of sp³-hybridized carbons (Fsp3) is 0.529. The largest absolute Gasteiger partial charge is 0.398 e. The van der Waals surface area contributed by atoms with Crippen LogP contribution in [0.5, 0.6) is 0 Å². The third kappa shape index (κ3) is 3.26. The van der Waals surface area contributed by atoms with Gasteiger partial charge in [-0.2, -0.15) is 4.98 Å². The van der Waals surface area contributed by atoms with Crippen LogP contribution in [0.15, 0.2) is 22.7 Å². The smallest absolute Gasteiger partial charge is 0.258 e. The van der Waals surface area contributed by atoms with Gasteiger partial charge in [0.15, 0.2) is 5.82 Å². The van der Waals surface area contributed by atoms with Crippen molar-refractivity contribution in [2.45, 2.75) is 57.8 Å². The van der Waals surface area contributed by atoms with Crippen molar-refractivity contribution in [3.63, 3.8) is 0 Å². The van der Waals surface area contributed by atoms with Crippen LogP contribution in [-0.2, 0) is 0 Å². The van der Waals surface area contributed by atoms with E-state index in [9.17, 15) is 0 Å². The topological polar surface area (TPSA) is 64.9 Å². The van der Waals surface area contributed by atoms with Crippen molar-refractivity contribution in [1.82, 2.24) is 10.1 Å². The first-order valence-electron chi connectivity index (χ1n) is 7.94. The first kappa shape index (κ1) is 14.1. The monoisotopic (exact) mass is 285 g/mol. The Morgan fingerprint density at radius 1 is 1.10 bits per heavy atom. The Bertz CT molecular complexity index is 598. The summed E-state index contributed by atoms with van der Waals surface area (Å²) in [6, 6.07) is 5.89. The lowest BCUT2D eigenvalue weighted by atomic mass is 9.91. The van der Waals surface area contributed by atoms with Crippen LogP contribution in [0, 0.1) is 6.92 Å². The van der Waals surface area contributed by atoms with E-state index >= 15 is 0 Å². The summed E-state index contributed by atoms with van der Waals surface area (Å²) in [4.78, 5) is 4.61. The Hall–Kier alpha value is -1.84. The van der Waals surface area contributed by atoms with Gasteiger partial charge in [-0.3, -0.25) is 0 Å². The number of nitrogens with two attached hydrogens (primary N) is 1. The molecule has 1 aromatic carbocycles. The quantitative estimate of drug-likeness (QED) is 0.828. The highest BCUT2D eigenvalue weighted by Gasteiger charge is 2.20. The summed E-state index contributed by atoms with van der Waals surface area (Å²) in [7, 11) is 0. The number of aryl methyl sites for hydroxylation is 1. The molecule has 2 N–H and O–H groups in total. The molecule has 1 aromatic heterocycles. The minimum atomic E-state index is 0.450. The molecule has 0 amide bonds. The summed E-state index contributed by atoms with van der Waals surface area (Å²) in [5.41, 5.74) is 8.69. The van der Waals surface area contributed by atoms with Crippen molar-refractivity contribution in [3.05, 3.63) is 29.6 Å². The second kappa shape index (κ2) is 6.29. The van der Waals surface area contributed by atoms with Crippen LogP contribution in [0.1, 0.15) is 62.3 Å². The first-order valence-corrected chi connectivity index (χ1v) is 7.94. The number of hydrogen-bond donors (Lipinski definition) is 1. The Kier molecular flexibility index (Phi) is 4.23. The van der Waals surface area contributed by atoms with E-state index in [4.69, 9.17) is 10.3 Å². The molecule has 0 spiro atoms. The molecule has 0 saturated heterocycles. The second-order valence-electron chi connectivity index (χ2n) is 6.07. The van der Waals surface area contributed by atoms with E-state index < -0.39 is 0 Å². The van der Waals surface area contributed by atoms with Crippen molar-refractivity contribution in [2.24, 2.45) is 0 Å². The van der Waals surface area contributed by atoms with Gasteiger partial charge in [0.25, 0.3) is 5.89 Å². The molecule has 112 valence electrons. The van der Waals surface area contributed by atoms with Crippen LogP contribution >= 0.6 is 0 Å². The molecule has 0 radical (unpaired) electrons. The minimum Gasteiger partial charge on any atom is -0.398 e. The number of benzene rings is 1. The molecule has 3 rings (SSSR count). The van der Waals surface area contributed by atoms with E-state index in [0.29, 0.717) is 11.8 Å². The van der Waals surface area contributed by atoms with Gasteiger partial charge >= 0.3 is 0 Å². The van der Waals surface area contributed by atoms with Crippen LogP contribution in [0.3, 0.4) is 0 Å². The molecule has 2 aromatic rings. The first-order chi connectivity index (χ1) is 10.2. The lowest BCUT2D eigenvalue weighted by molar-refractivity contribution is 0.393. The maximum Gasteiger partial charge on any atom is 0.258 e. The lowest BCUT2D eigenvalue weighted by Gasteiger charge is -2.15. The average molecular weight is 285 g/mol. The van der Waals surface area contributed by atoms with E-state index in [-0.39, 0.29) is 0 Å². The lowest BCUT2D eigenvalue weighted by Crippen LogP contribution is -2.04. The van der Waals surface area contributed by atoms with Gasteiger partial charge in [-0.05, 0) is 37.5 Å². The second-order valence-corrected chi connectivity index (χ2v) is 6.07. The van der Waals surface area contributed by atoms with Crippen molar-refractivity contribution >= 4 is 5.69 Å². The van der Waals surface area contributed by atoms with Crippen LogP contribution < -0.4 is 5.73 Å². The number of rotatable bonds is 2. The summed E-state index contributed by atoms with van der Waals surface area (Å²) in [5, 5.41) is 4.21. The van der Waals surface area contributed by atoms with Gasteiger partial charge in [0, 0.05) is 17.2 Å². The summed E-state index contributed by atoms with van der Waals surface area (Å²) in [6.07, 6.45) is 8.92. The zero-order valence-corrected chi connectivity index (χ0v) is 12.6. The zero-order chi connectivity index (χ0) is 14.7. The van der Waals surface area contributed by atoms with Crippen molar-refractivity contribution in [2.75, 3.05) is 5.73 Å². The molecular formula is C17H23N3O.